The number of amides is 3. The van der Waals surface area contributed by atoms with Gasteiger partial charge in [0.25, 0.3) is 5.91 Å². The van der Waals surface area contributed by atoms with E-state index in [2.05, 4.69) is 5.32 Å². The van der Waals surface area contributed by atoms with Crippen LogP contribution < -0.4 is 5.32 Å². The monoisotopic (exact) mass is 429 g/mol. The van der Waals surface area contributed by atoms with Gasteiger partial charge in [-0.15, -0.1) is 0 Å². The molecule has 2 saturated heterocycles. The number of halogens is 1. The molecule has 3 amide bonds. The molecule has 8 heteroatoms. The van der Waals surface area contributed by atoms with Crippen LogP contribution in [0, 0.1) is 5.92 Å². The Bertz CT molecular complexity index is 938. The first-order valence-electron chi connectivity index (χ1n) is 10.2. The van der Waals surface area contributed by atoms with Gasteiger partial charge in [0.05, 0.1) is 30.0 Å². The average molecular weight is 430 g/mol. The average Bonchev–Trinajstić information content (AvgIpc) is 3.39. The predicted molar refractivity (Wildman–Crippen MR) is 112 cm³/mol. The Balaban J connectivity index is 1.46. The molecule has 7 nitrogen and oxygen atoms in total. The fraction of sp³-hybridized carbons (Fsp3) is 0.409. The van der Waals surface area contributed by atoms with Crippen LogP contribution in [0.4, 0.5) is 5.69 Å². The molecule has 2 fully saturated rings. The summed E-state index contributed by atoms with van der Waals surface area (Å²) in [5.41, 5.74) is 0.812. The van der Waals surface area contributed by atoms with Crippen LogP contribution in [0.2, 0.25) is 5.02 Å². The van der Waals surface area contributed by atoms with Gasteiger partial charge >= 0.3 is 0 Å². The summed E-state index contributed by atoms with van der Waals surface area (Å²) in [5, 5.41) is 3.27. The first-order chi connectivity index (χ1) is 14.5. The van der Waals surface area contributed by atoms with Crippen LogP contribution in [-0.2, 0) is 16.1 Å². The summed E-state index contributed by atoms with van der Waals surface area (Å²) >= 11 is 6.13. The highest BCUT2D eigenvalue weighted by molar-refractivity contribution is 6.31. The van der Waals surface area contributed by atoms with Crippen LogP contribution in [0.3, 0.4) is 0 Å². The van der Waals surface area contributed by atoms with Crippen molar-refractivity contribution in [1.29, 1.82) is 0 Å². The van der Waals surface area contributed by atoms with E-state index in [1.807, 2.05) is 4.90 Å². The lowest BCUT2D eigenvalue weighted by atomic mass is 10.1. The zero-order valence-corrected chi connectivity index (χ0v) is 17.4. The van der Waals surface area contributed by atoms with E-state index in [1.54, 1.807) is 41.5 Å². The fourth-order valence-corrected chi connectivity index (χ4v) is 4.17. The summed E-state index contributed by atoms with van der Waals surface area (Å²) in [4.78, 5) is 41.6. The first-order valence-corrected chi connectivity index (χ1v) is 10.6. The molecule has 0 aliphatic carbocycles. The van der Waals surface area contributed by atoms with Crippen molar-refractivity contribution in [3.8, 4) is 0 Å². The molecule has 0 radical (unpaired) electrons. The van der Waals surface area contributed by atoms with Gasteiger partial charge in [-0.3, -0.25) is 14.4 Å². The summed E-state index contributed by atoms with van der Waals surface area (Å²) < 4.78 is 5.30. The molecule has 1 aromatic carbocycles. The molecule has 0 saturated carbocycles. The number of piperidine rings is 1. The van der Waals surface area contributed by atoms with Crippen LogP contribution in [0.25, 0.3) is 0 Å². The summed E-state index contributed by atoms with van der Waals surface area (Å²) in [6.45, 7) is 2.08. The number of benzene rings is 1. The van der Waals surface area contributed by atoms with Gasteiger partial charge in [0.1, 0.15) is 5.76 Å². The molecule has 0 bridgehead atoms. The fourth-order valence-electron chi connectivity index (χ4n) is 4.00. The van der Waals surface area contributed by atoms with Gasteiger partial charge < -0.3 is 19.5 Å². The Hall–Kier alpha value is -2.80. The number of nitrogens with zero attached hydrogens (tertiary/aromatic N) is 2. The normalized spacial score (nSPS) is 19.2. The van der Waals surface area contributed by atoms with Crippen molar-refractivity contribution in [1.82, 2.24) is 9.80 Å². The van der Waals surface area contributed by atoms with Gasteiger partial charge in [-0.05, 0) is 49.6 Å². The van der Waals surface area contributed by atoms with E-state index in [-0.39, 0.29) is 24.1 Å². The van der Waals surface area contributed by atoms with Gasteiger partial charge in [-0.25, -0.2) is 0 Å². The van der Waals surface area contributed by atoms with Crippen molar-refractivity contribution in [2.75, 3.05) is 25.0 Å². The third-order valence-electron chi connectivity index (χ3n) is 5.63. The van der Waals surface area contributed by atoms with Crippen molar-refractivity contribution in [2.45, 2.75) is 32.2 Å². The van der Waals surface area contributed by atoms with Gasteiger partial charge in [0, 0.05) is 31.1 Å². The highest BCUT2D eigenvalue weighted by atomic mass is 35.5. The Labute approximate surface area is 180 Å². The van der Waals surface area contributed by atoms with Crippen LogP contribution in [-0.4, -0.2) is 47.2 Å². The topological polar surface area (TPSA) is 82.9 Å². The largest absolute Gasteiger partial charge is 0.467 e. The number of hydrogen-bond donors (Lipinski definition) is 1. The molecule has 1 aromatic heterocycles. The smallest absolute Gasteiger partial charge is 0.255 e. The van der Waals surface area contributed by atoms with Gasteiger partial charge in [0.15, 0.2) is 0 Å². The summed E-state index contributed by atoms with van der Waals surface area (Å²) in [6.07, 6.45) is 4.77. The molecule has 158 valence electrons. The predicted octanol–water partition coefficient (Wildman–Crippen LogP) is 3.55. The standard InChI is InChI=1S/C22H24ClN3O4/c23-16-6-7-18(22(29)25-8-2-1-3-9-25)19(12-16)24-21(28)15-11-20(27)26(13-15)14-17-5-4-10-30-17/h4-7,10,12,15H,1-3,8-9,11,13-14H2,(H,24,28). The van der Waals surface area contributed by atoms with E-state index < -0.39 is 5.92 Å². The number of carbonyl (C=O) groups is 3. The van der Waals surface area contributed by atoms with Crippen LogP contribution in [0.15, 0.2) is 41.0 Å². The van der Waals surface area contributed by atoms with Gasteiger partial charge in [0.2, 0.25) is 11.8 Å². The quantitative estimate of drug-likeness (QED) is 0.787. The number of hydrogen-bond acceptors (Lipinski definition) is 4. The number of nitrogens with one attached hydrogen (secondary N) is 1. The van der Waals surface area contributed by atoms with E-state index >= 15 is 0 Å². The van der Waals surface area contributed by atoms with Gasteiger partial charge in [-0.2, -0.15) is 0 Å². The molecule has 1 atom stereocenters. The number of anilines is 1. The second kappa shape index (κ2) is 8.92. The second-order valence-corrected chi connectivity index (χ2v) is 8.22. The molecule has 4 rings (SSSR count). The van der Waals surface area contributed by atoms with Crippen LogP contribution in [0.1, 0.15) is 41.8 Å². The minimum Gasteiger partial charge on any atom is -0.467 e. The number of carbonyl (C=O) groups excluding carboxylic acids is 3. The lowest BCUT2D eigenvalue weighted by molar-refractivity contribution is -0.128. The van der Waals surface area contributed by atoms with E-state index in [1.165, 1.54) is 0 Å². The van der Waals surface area contributed by atoms with E-state index in [4.69, 9.17) is 16.0 Å². The molecule has 2 aromatic rings. The van der Waals surface area contributed by atoms with Gasteiger partial charge in [-0.1, -0.05) is 11.6 Å². The molecular weight excluding hydrogens is 406 g/mol. The Morgan fingerprint density at radius 2 is 1.97 bits per heavy atom. The van der Waals surface area contributed by atoms with E-state index in [9.17, 15) is 14.4 Å². The maximum Gasteiger partial charge on any atom is 0.255 e. The van der Waals surface area contributed by atoms with Crippen molar-refractivity contribution < 1.29 is 18.8 Å². The van der Waals surface area contributed by atoms with Crippen LogP contribution >= 0.6 is 11.6 Å². The van der Waals surface area contributed by atoms with E-state index in [0.717, 1.165) is 19.3 Å². The molecular formula is C22H24ClN3O4. The van der Waals surface area contributed by atoms with Crippen molar-refractivity contribution >= 4 is 35.0 Å². The summed E-state index contributed by atoms with van der Waals surface area (Å²) in [5.74, 6) is -0.316. The maximum absolute atomic E-state index is 13.0. The zero-order chi connectivity index (χ0) is 21.1. The number of furan rings is 1. The Morgan fingerprint density at radius 1 is 1.17 bits per heavy atom. The van der Waals surface area contributed by atoms with Crippen molar-refractivity contribution in [3.63, 3.8) is 0 Å². The van der Waals surface area contributed by atoms with Crippen molar-refractivity contribution in [3.05, 3.63) is 52.9 Å². The zero-order valence-electron chi connectivity index (χ0n) is 16.6. The maximum atomic E-state index is 13.0. The third kappa shape index (κ3) is 4.51. The summed E-state index contributed by atoms with van der Waals surface area (Å²) in [7, 11) is 0. The molecule has 1 N–H and O–H groups in total. The highest BCUT2D eigenvalue weighted by Crippen LogP contribution is 2.27. The minimum atomic E-state index is -0.496. The number of likely N-dealkylation sites (tertiary alicyclic amines) is 2. The summed E-state index contributed by atoms with van der Waals surface area (Å²) in [6, 6.07) is 8.45. The minimum absolute atomic E-state index is 0.0951. The molecule has 0 spiro atoms. The Kier molecular flexibility index (Phi) is 6.08. The molecule has 1 unspecified atom stereocenters. The number of rotatable bonds is 5. The molecule has 2 aliphatic rings. The van der Waals surface area contributed by atoms with E-state index in [0.29, 0.717) is 48.2 Å². The van der Waals surface area contributed by atoms with Crippen molar-refractivity contribution in [2.24, 2.45) is 5.92 Å². The first kappa shape index (κ1) is 20.5. The molecule has 3 heterocycles. The molecule has 30 heavy (non-hydrogen) atoms. The second-order valence-electron chi connectivity index (χ2n) is 7.79. The Morgan fingerprint density at radius 3 is 2.70 bits per heavy atom. The molecule has 2 aliphatic heterocycles. The van der Waals surface area contributed by atoms with Crippen LogP contribution in [0.5, 0.6) is 0 Å². The SMILES string of the molecule is O=C(Nc1cc(Cl)ccc1C(=O)N1CCCCC1)C1CC(=O)N(Cc2ccco2)C1. The highest BCUT2D eigenvalue weighted by Gasteiger charge is 2.35. The third-order valence-corrected chi connectivity index (χ3v) is 5.86. The lowest BCUT2D eigenvalue weighted by Crippen LogP contribution is -2.36. The lowest BCUT2D eigenvalue weighted by Gasteiger charge is -2.27.